The molecule has 0 saturated carbocycles. The zero-order valence-corrected chi connectivity index (χ0v) is 14.7. The number of aromatic nitrogens is 2. The fraction of sp³-hybridized carbons (Fsp3) is 0.471. The second-order valence-electron chi connectivity index (χ2n) is 5.36. The van der Waals surface area contributed by atoms with Gasteiger partial charge in [0.15, 0.2) is 0 Å². The van der Waals surface area contributed by atoms with E-state index >= 15 is 0 Å². The molecule has 1 aromatic heterocycles. The normalized spacial score (nSPS) is 12.6. The molecule has 2 aromatic rings. The second-order valence-corrected chi connectivity index (χ2v) is 6.28. The predicted octanol–water partition coefficient (Wildman–Crippen LogP) is 4.26. The molecule has 0 aliphatic heterocycles. The van der Waals surface area contributed by atoms with Gasteiger partial charge in [0.05, 0.1) is 17.4 Å². The molecule has 1 N–H and O–H groups in total. The van der Waals surface area contributed by atoms with Crippen molar-refractivity contribution in [2.75, 3.05) is 6.54 Å². The molecule has 1 aromatic carbocycles. The van der Waals surface area contributed by atoms with Crippen molar-refractivity contribution in [3.05, 3.63) is 51.8 Å². The summed E-state index contributed by atoms with van der Waals surface area (Å²) in [5.74, 6) is 0. The number of nitrogens with one attached hydrogen (secondary N) is 1. The number of benzene rings is 1. The van der Waals surface area contributed by atoms with E-state index in [1.807, 2.05) is 0 Å². The lowest BCUT2D eigenvalue weighted by Gasteiger charge is -2.20. The molecule has 0 radical (unpaired) electrons. The van der Waals surface area contributed by atoms with Crippen LogP contribution in [0.5, 0.6) is 0 Å². The Balaban J connectivity index is 2.22. The van der Waals surface area contributed by atoms with Crippen LogP contribution in [0.2, 0.25) is 0 Å². The van der Waals surface area contributed by atoms with Crippen LogP contribution in [0.25, 0.3) is 0 Å². The van der Waals surface area contributed by atoms with Crippen molar-refractivity contribution in [1.29, 1.82) is 0 Å². The van der Waals surface area contributed by atoms with Gasteiger partial charge in [-0.1, -0.05) is 35.0 Å². The molecule has 1 heterocycles. The van der Waals surface area contributed by atoms with Gasteiger partial charge in [-0.2, -0.15) is 5.10 Å². The fourth-order valence-electron chi connectivity index (χ4n) is 2.56. The largest absolute Gasteiger partial charge is 0.308 e. The quantitative estimate of drug-likeness (QED) is 0.809. The number of hydrogen-bond acceptors (Lipinski definition) is 2. The summed E-state index contributed by atoms with van der Waals surface area (Å²) in [6.45, 7) is 8.34. The molecule has 114 valence electrons. The first-order chi connectivity index (χ1) is 10.1. The van der Waals surface area contributed by atoms with Crippen molar-refractivity contribution in [1.82, 2.24) is 15.1 Å². The van der Waals surface area contributed by atoms with Crippen LogP contribution >= 0.6 is 15.9 Å². The van der Waals surface area contributed by atoms with Crippen molar-refractivity contribution in [2.45, 2.75) is 46.2 Å². The average Bonchev–Trinajstić information content (AvgIpc) is 2.86. The van der Waals surface area contributed by atoms with E-state index in [0.29, 0.717) is 6.04 Å². The maximum absolute atomic E-state index is 4.58. The Labute approximate surface area is 135 Å². The predicted molar refractivity (Wildman–Crippen MR) is 91.5 cm³/mol. The highest BCUT2D eigenvalue weighted by atomic mass is 79.9. The Morgan fingerprint density at radius 1 is 1.24 bits per heavy atom. The topological polar surface area (TPSA) is 29.9 Å². The van der Waals surface area contributed by atoms with Crippen LogP contribution in [0.15, 0.2) is 34.8 Å². The van der Waals surface area contributed by atoms with E-state index in [2.05, 4.69) is 82.1 Å². The molecule has 0 amide bonds. The monoisotopic (exact) mass is 349 g/mol. The molecule has 0 bridgehead atoms. The van der Waals surface area contributed by atoms with Crippen molar-refractivity contribution in [3.63, 3.8) is 0 Å². The van der Waals surface area contributed by atoms with Gasteiger partial charge in [-0.15, -0.1) is 0 Å². The van der Waals surface area contributed by atoms with Crippen LogP contribution in [0.3, 0.4) is 0 Å². The minimum absolute atomic E-state index is 0.312. The van der Waals surface area contributed by atoms with E-state index in [1.165, 1.54) is 11.3 Å². The lowest BCUT2D eigenvalue weighted by atomic mass is 10.0. The van der Waals surface area contributed by atoms with Crippen LogP contribution in [-0.4, -0.2) is 16.3 Å². The zero-order valence-electron chi connectivity index (χ0n) is 13.1. The third-order valence-electron chi connectivity index (χ3n) is 3.58. The number of rotatable bonds is 7. The third-order valence-corrected chi connectivity index (χ3v) is 4.11. The smallest absolute Gasteiger partial charge is 0.0597 e. The molecular formula is C17H24BrN3. The first kappa shape index (κ1) is 16.2. The van der Waals surface area contributed by atoms with E-state index in [4.69, 9.17) is 0 Å². The number of aryl methyl sites for hydroxylation is 2. The van der Waals surface area contributed by atoms with E-state index < -0.39 is 0 Å². The van der Waals surface area contributed by atoms with Gasteiger partial charge in [0.25, 0.3) is 0 Å². The number of nitrogens with zero attached hydrogens (tertiary/aromatic N) is 2. The standard InChI is InChI=1S/C17H24BrN3/c1-4-10-19-16(12-14-6-8-15(18)9-7-14)17-11-13(3)20-21(17)5-2/h6-9,11,16,19H,4-5,10,12H2,1-3H3. The van der Waals surface area contributed by atoms with Gasteiger partial charge in [0, 0.05) is 11.0 Å². The summed E-state index contributed by atoms with van der Waals surface area (Å²) in [5, 5.41) is 8.25. The van der Waals surface area contributed by atoms with Gasteiger partial charge >= 0.3 is 0 Å². The number of halogens is 1. The summed E-state index contributed by atoms with van der Waals surface area (Å²) >= 11 is 3.49. The fourth-order valence-corrected chi connectivity index (χ4v) is 2.82. The first-order valence-electron chi connectivity index (χ1n) is 7.66. The van der Waals surface area contributed by atoms with Gasteiger partial charge in [-0.05, 0) is 57.0 Å². The van der Waals surface area contributed by atoms with Crippen molar-refractivity contribution < 1.29 is 0 Å². The lowest BCUT2D eigenvalue weighted by molar-refractivity contribution is 0.478. The molecule has 0 aliphatic carbocycles. The maximum atomic E-state index is 4.58. The minimum Gasteiger partial charge on any atom is -0.308 e. The third kappa shape index (κ3) is 4.42. The molecular weight excluding hydrogens is 326 g/mol. The van der Waals surface area contributed by atoms with Gasteiger partial charge in [0.2, 0.25) is 0 Å². The zero-order chi connectivity index (χ0) is 15.2. The summed E-state index contributed by atoms with van der Waals surface area (Å²) in [4.78, 5) is 0. The minimum atomic E-state index is 0.312. The Kier molecular flexibility index (Phi) is 6.00. The Bertz CT molecular complexity index is 560. The van der Waals surface area contributed by atoms with Crippen molar-refractivity contribution in [2.24, 2.45) is 0 Å². The molecule has 4 heteroatoms. The summed E-state index contributed by atoms with van der Waals surface area (Å²) in [6, 6.07) is 11.1. The molecule has 1 atom stereocenters. The van der Waals surface area contributed by atoms with Crippen molar-refractivity contribution in [3.8, 4) is 0 Å². The molecule has 0 aliphatic rings. The summed E-state index contributed by atoms with van der Waals surface area (Å²) in [6.07, 6.45) is 2.12. The van der Waals surface area contributed by atoms with Gasteiger partial charge in [-0.3, -0.25) is 4.68 Å². The summed E-state index contributed by atoms with van der Waals surface area (Å²) in [7, 11) is 0. The van der Waals surface area contributed by atoms with E-state index in [-0.39, 0.29) is 0 Å². The highest BCUT2D eigenvalue weighted by Crippen LogP contribution is 2.21. The molecule has 1 unspecified atom stereocenters. The Morgan fingerprint density at radius 3 is 2.57 bits per heavy atom. The van der Waals surface area contributed by atoms with Gasteiger partial charge < -0.3 is 5.32 Å². The van der Waals surface area contributed by atoms with E-state index in [0.717, 1.165) is 36.1 Å². The van der Waals surface area contributed by atoms with Crippen LogP contribution in [0.4, 0.5) is 0 Å². The van der Waals surface area contributed by atoms with Gasteiger partial charge in [-0.25, -0.2) is 0 Å². The molecule has 0 fully saturated rings. The first-order valence-corrected chi connectivity index (χ1v) is 8.45. The maximum Gasteiger partial charge on any atom is 0.0597 e. The van der Waals surface area contributed by atoms with Crippen LogP contribution in [-0.2, 0) is 13.0 Å². The highest BCUT2D eigenvalue weighted by molar-refractivity contribution is 9.10. The molecule has 2 rings (SSSR count). The highest BCUT2D eigenvalue weighted by Gasteiger charge is 2.17. The van der Waals surface area contributed by atoms with Crippen LogP contribution in [0.1, 0.15) is 43.3 Å². The van der Waals surface area contributed by atoms with Crippen LogP contribution in [0, 0.1) is 6.92 Å². The van der Waals surface area contributed by atoms with E-state index in [9.17, 15) is 0 Å². The summed E-state index contributed by atoms with van der Waals surface area (Å²) in [5.41, 5.74) is 3.71. The Morgan fingerprint density at radius 2 is 1.95 bits per heavy atom. The molecule has 0 spiro atoms. The molecule has 0 saturated heterocycles. The molecule has 3 nitrogen and oxygen atoms in total. The second kappa shape index (κ2) is 7.76. The van der Waals surface area contributed by atoms with E-state index in [1.54, 1.807) is 0 Å². The lowest BCUT2D eigenvalue weighted by Crippen LogP contribution is -2.26. The number of hydrogen-bond donors (Lipinski definition) is 1. The average molecular weight is 350 g/mol. The Hall–Kier alpha value is -1.13. The van der Waals surface area contributed by atoms with Crippen LogP contribution < -0.4 is 5.32 Å². The van der Waals surface area contributed by atoms with Gasteiger partial charge in [0.1, 0.15) is 0 Å². The molecule has 21 heavy (non-hydrogen) atoms. The van der Waals surface area contributed by atoms with Crippen molar-refractivity contribution >= 4 is 15.9 Å². The SMILES string of the molecule is CCCNC(Cc1ccc(Br)cc1)c1cc(C)nn1CC. The summed E-state index contributed by atoms with van der Waals surface area (Å²) < 4.78 is 3.24.